The summed E-state index contributed by atoms with van der Waals surface area (Å²) in [7, 11) is 2.57. The van der Waals surface area contributed by atoms with Crippen LogP contribution in [0.5, 0.6) is 5.75 Å². The highest BCUT2D eigenvalue weighted by Gasteiger charge is 2.21. The summed E-state index contributed by atoms with van der Waals surface area (Å²) in [6.45, 7) is 3.95. The predicted molar refractivity (Wildman–Crippen MR) is 98.2 cm³/mol. The summed E-state index contributed by atoms with van der Waals surface area (Å²) in [5, 5.41) is 0.346. The van der Waals surface area contributed by atoms with Crippen LogP contribution in [0.15, 0.2) is 30.2 Å². The van der Waals surface area contributed by atoms with Gasteiger partial charge in [-0.1, -0.05) is 31.4 Å². The lowest BCUT2D eigenvalue weighted by Gasteiger charge is -2.16. The normalized spacial score (nSPS) is 12.3. The molecule has 0 spiro atoms. The Morgan fingerprint density at radius 3 is 2.58 bits per heavy atom. The molecule has 6 nitrogen and oxygen atoms in total. The van der Waals surface area contributed by atoms with Crippen LogP contribution in [-0.4, -0.2) is 32.3 Å². The van der Waals surface area contributed by atoms with Crippen molar-refractivity contribution in [1.29, 1.82) is 0 Å². The van der Waals surface area contributed by atoms with E-state index >= 15 is 0 Å². The van der Waals surface area contributed by atoms with Crippen LogP contribution in [0.1, 0.15) is 49.9 Å². The zero-order valence-corrected chi connectivity index (χ0v) is 16.3. The first-order chi connectivity index (χ1) is 12.4. The molecule has 0 amide bonds. The number of carbonyl (C=O) groups excluding carboxylic acids is 2. The Morgan fingerprint density at radius 1 is 1.23 bits per heavy atom. The van der Waals surface area contributed by atoms with Crippen molar-refractivity contribution < 1.29 is 28.5 Å². The van der Waals surface area contributed by atoms with Crippen molar-refractivity contribution in [3.8, 4) is 5.75 Å². The van der Waals surface area contributed by atoms with Gasteiger partial charge in [-0.05, 0) is 38.0 Å². The van der Waals surface area contributed by atoms with Gasteiger partial charge in [-0.3, -0.25) is 0 Å². The fourth-order valence-electron chi connectivity index (χ4n) is 2.18. The molecule has 0 aliphatic heterocycles. The fourth-order valence-corrected chi connectivity index (χ4v) is 2.35. The number of methoxy groups -OCH3 is 2. The second-order valence-corrected chi connectivity index (χ2v) is 6.10. The zero-order valence-electron chi connectivity index (χ0n) is 15.5. The molecule has 7 heteroatoms. The predicted octanol–water partition coefficient (Wildman–Crippen LogP) is 4.51. The van der Waals surface area contributed by atoms with Crippen molar-refractivity contribution in [2.45, 2.75) is 45.6 Å². The van der Waals surface area contributed by atoms with E-state index in [0.29, 0.717) is 5.02 Å². The van der Waals surface area contributed by atoms with Crippen LogP contribution in [0.2, 0.25) is 5.02 Å². The van der Waals surface area contributed by atoms with Gasteiger partial charge in [0.15, 0.2) is 0 Å². The molecule has 0 aliphatic carbocycles. The number of hydrogen-bond donors (Lipinski definition) is 0. The molecule has 0 N–H and O–H groups in total. The van der Waals surface area contributed by atoms with Crippen LogP contribution >= 0.6 is 11.6 Å². The van der Waals surface area contributed by atoms with Gasteiger partial charge in [0.05, 0.1) is 20.3 Å². The molecule has 0 bridgehead atoms. The van der Waals surface area contributed by atoms with Crippen LogP contribution in [0, 0.1) is 0 Å². The van der Waals surface area contributed by atoms with Crippen molar-refractivity contribution in [2.24, 2.45) is 0 Å². The van der Waals surface area contributed by atoms with Gasteiger partial charge < -0.3 is 18.9 Å². The number of benzene rings is 1. The van der Waals surface area contributed by atoms with Gasteiger partial charge >= 0.3 is 11.9 Å². The van der Waals surface area contributed by atoms with Gasteiger partial charge in [0.2, 0.25) is 5.76 Å². The van der Waals surface area contributed by atoms with Crippen molar-refractivity contribution in [2.75, 3.05) is 14.2 Å². The van der Waals surface area contributed by atoms with Gasteiger partial charge in [-0.2, -0.15) is 0 Å². The van der Waals surface area contributed by atoms with Crippen LogP contribution in [0.4, 0.5) is 0 Å². The Kier molecular flexibility index (Phi) is 9.58. The summed E-state index contributed by atoms with van der Waals surface area (Å²) in [5.41, 5.74) is 0.116. The van der Waals surface area contributed by atoms with E-state index in [1.165, 1.54) is 26.4 Å². The number of halogens is 1. The first kappa shape index (κ1) is 21.8. The van der Waals surface area contributed by atoms with Crippen molar-refractivity contribution >= 4 is 23.5 Å². The van der Waals surface area contributed by atoms with E-state index in [4.69, 9.17) is 25.8 Å². The number of esters is 2. The maximum atomic E-state index is 12.5. The number of ether oxygens (including phenoxy) is 4. The van der Waals surface area contributed by atoms with Crippen molar-refractivity contribution in [3.63, 3.8) is 0 Å². The van der Waals surface area contributed by atoms with Crippen molar-refractivity contribution in [1.82, 2.24) is 0 Å². The summed E-state index contributed by atoms with van der Waals surface area (Å²) >= 11 is 5.99. The molecule has 0 saturated carbocycles. The molecular formula is C19H25ClO6. The number of hydrogen-bond acceptors (Lipinski definition) is 6. The molecule has 0 aliphatic rings. The van der Waals surface area contributed by atoms with Gasteiger partial charge in [0, 0.05) is 5.02 Å². The highest BCUT2D eigenvalue weighted by atomic mass is 35.5. The summed E-state index contributed by atoms with van der Waals surface area (Å²) in [4.78, 5) is 24.3. The van der Waals surface area contributed by atoms with E-state index in [9.17, 15) is 9.59 Å². The molecule has 1 aromatic rings. The SMILES string of the molecule is CCCCCC(C)OC(=O)c1cc(Cl)ccc1OC(=COC)C(=O)OC. The third kappa shape index (κ3) is 6.96. The molecule has 0 aromatic heterocycles. The first-order valence-electron chi connectivity index (χ1n) is 8.42. The van der Waals surface area contributed by atoms with Crippen LogP contribution in [0.25, 0.3) is 0 Å². The Morgan fingerprint density at radius 2 is 1.96 bits per heavy atom. The lowest BCUT2D eigenvalue weighted by molar-refractivity contribution is -0.138. The van der Waals surface area contributed by atoms with E-state index in [1.807, 2.05) is 6.92 Å². The Hall–Kier alpha value is -2.21. The minimum atomic E-state index is -0.742. The van der Waals surface area contributed by atoms with Crippen LogP contribution in [-0.2, 0) is 19.0 Å². The molecule has 144 valence electrons. The Balaban J connectivity index is 2.97. The second-order valence-electron chi connectivity index (χ2n) is 5.66. The summed E-state index contributed by atoms with van der Waals surface area (Å²) in [5.74, 6) is -1.40. The molecule has 1 rings (SSSR count). The third-order valence-corrected chi connectivity index (χ3v) is 3.75. The average Bonchev–Trinajstić information content (AvgIpc) is 2.62. The lowest BCUT2D eigenvalue weighted by atomic mass is 10.1. The quantitative estimate of drug-likeness (QED) is 0.256. The molecule has 26 heavy (non-hydrogen) atoms. The van der Waals surface area contributed by atoms with Gasteiger partial charge in [-0.15, -0.1) is 0 Å². The molecule has 0 radical (unpaired) electrons. The van der Waals surface area contributed by atoms with Gasteiger partial charge in [0.1, 0.15) is 17.6 Å². The number of rotatable bonds is 10. The highest BCUT2D eigenvalue weighted by molar-refractivity contribution is 6.31. The Labute approximate surface area is 159 Å². The maximum absolute atomic E-state index is 12.5. The third-order valence-electron chi connectivity index (χ3n) is 3.52. The van der Waals surface area contributed by atoms with E-state index in [2.05, 4.69) is 11.7 Å². The van der Waals surface area contributed by atoms with Gasteiger partial charge in [-0.25, -0.2) is 9.59 Å². The summed E-state index contributed by atoms with van der Waals surface area (Å²) in [6, 6.07) is 4.45. The van der Waals surface area contributed by atoms with E-state index in [-0.39, 0.29) is 23.2 Å². The molecule has 0 saturated heterocycles. The Bertz CT molecular complexity index is 641. The number of unbranched alkanes of at least 4 members (excludes halogenated alkanes) is 2. The van der Waals surface area contributed by atoms with E-state index in [0.717, 1.165) is 31.9 Å². The summed E-state index contributed by atoms with van der Waals surface area (Å²) in [6.07, 6.45) is 4.77. The first-order valence-corrected chi connectivity index (χ1v) is 8.80. The molecule has 0 heterocycles. The monoisotopic (exact) mass is 384 g/mol. The van der Waals surface area contributed by atoms with Crippen molar-refractivity contribution in [3.05, 3.63) is 40.8 Å². The fraction of sp³-hybridized carbons (Fsp3) is 0.474. The highest BCUT2D eigenvalue weighted by Crippen LogP contribution is 2.26. The minimum absolute atomic E-state index is 0.116. The van der Waals surface area contributed by atoms with E-state index in [1.54, 1.807) is 6.07 Å². The number of carbonyl (C=O) groups is 2. The lowest BCUT2D eigenvalue weighted by Crippen LogP contribution is -2.17. The topological polar surface area (TPSA) is 71.1 Å². The molecular weight excluding hydrogens is 360 g/mol. The largest absolute Gasteiger partial charge is 0.500 e. The van der Waals surface area contributed by atoms with Crippen LogP contribution in [0.3, 0.4) is 0 Å². The van der Waals surface area contributed by atoms with Crippen LogP contribution < -0.4 is 4.74 Å². The minimum Gasteiger partial charge on any atom is -0.500 e. The molecule has 0 fully saturated rings. The average molecular weight is 385 g/mol. The zero-order chi connectivity index (χ0) is 19.5. The van der Waals surface area contributed by atoms with Gasteiger partial charge in [0.25, 0.3) is 0 Å². The van der Waals surface area contributed by atoms with E-state index < -0.39 is 11.9 Å². The molecule has 1 aromatic carbocycles. The molecule has 1 unspecified atom stereocenters. The second kappa shape index (κ2) is 11.4. The standard InChI is InChI=1S/C19H25ClO6/c1-5-6-7-8-13(2)25-18(21)15-11-14(20)9-10-16(15)26-17(12-23-3)19(22)24-4/h9-13H,5-8H2,1-4H3. The summed E-state index contributed by atoms with van der Waals surface area (Å²) < 4.78 is 20.4. The molecule has 1 atom stereocenters. The maximum Gasteiger partial charge on any atom is 0.377 e. The smallest absolute Gasteiger partial charge is 0.377 e.